The van der Waals surface area contributed by atoms with Crippen LogP contribution in [0.1, 0.15) is 5.56 Å². The van der Waals surface area contributed by atoms with Gasteiger partial charge in [0.25, 0.3) is 5.89 Å². The Morgan fingerprint density at radius 2 is 2.00 bits per heavy atom. The fraction of sp³-hybridized carbons (Fsp3) is 0.0556. The predicted octanol–water partition coefficient (Wildman–Crippen LogP) is 2.94. The molecule has 2 aromatic carbocycles. The predicted molar refractivity (Wildman–Crippen MR) is 98.5 cm³/mol. The quantitative estimate of drug-likeness (QED) is 0.369. The topological polar surface area (TPSA) is 137 Å². The second kappa shape index (κ2) is 7.27. The third-order valence-corrected chi connectivity index (χ3v) is 3.49. The molecule has 3 aromatic rings. The van der Waals surface area contributed by atoms with Crippen molar-refractivity contribution in [3.8, 4) is 28.9 Å². The van der Waals surface area contributed by atoms with Gasteiger partial charge in [0, 0.05) is 11.1 Å². The number of hydrazone groups is 1. The highest BCUT2D eigenvalue weighted by Crippen LogP contribution is 2.24. The van der Waals surface area contributed by atoms with E-state index in [4.69, 9.17) is 20.9 Å². The smallest absolute Gasteiger partial charge is 0.258 e. The Morgan fingerprint density at radius 1 is 1.23 bits per heavy atom. The van der Waals surface area contributed by atoms with E-state index in [1.807, 2.05) is 31.2 Å². The lowest BCUT2D eigenvalue weighted by Gasteiger charge is -2.01. The molecular formula is C18H15N7O. The van der Waals surface area contributed by atoms with E-state index in [1.165, 1.54) is 0 Å². The van der Waals surface area contributed by atoms with Gasteiger partial charge >= 0.3 is 0 Å². The number of hydrogen-bond donors (Lipinski definition) is 3. The van der Waals surface area contributed by atoms with Crippen LogP contribution in [-0.4, -0.2) is 21.7 Å². The molecular weight excluding hydrogens is 330 g/mol. The first-order valence-electron chi connectivity index (χ1n) is 7.66. The van der Waals surface area contributed by atoms with E-state index in [0.717, 1.165) is 16.7 Å². The van der Waals surface area contributed by atoms with Gasteiger partial charge < -0.3 is 10.3 Å². The van der Waals surface area contributed by atoms with Crippen molar-refractivity contribution in [2.24, 2.45) is 10.8 Å². The number of nitrogens with two attached hydrogens (primary N) is 1. The Labute approximate surface area is 149 Å². The molecule has 0 spiro atoms. The summed E-state index contributed by atoms with van der Waals surface area (Å²) in [5.74, 6) is 0.528. The lowest BCUT2D eigenvalue weighted by molar-refractivity contribution is 0.432. The van der Waals surface area contributed by atoms with Crippen LogP contribution in [0.3, 0.4) is 0 Å². The van der Waals surface area contributed by atoms with Crippen molar-refractivity contribution in [2.45, 2.75) is 6.92 Å². The first kappa shape index (κ1) is 16.9. The van der Waals surface area contributed by atoms with Crippen LogP contribution in [0.5, 0.6) is 0 Å². The Bertz CT molecular complexity index is 1010. The molecule has 0 amide bonds. The molecule has 0 unspecified atom stereocenters. The fourth-order valence-electron chi connectivity index (χ4n) is 2.20. The monoisotopic (exact) mass is 345 g/mol. The van der Waals surface area contributed by atoms with Crippen LogP contribution in [0.15, 0.2) is 58.2 Å². The first-order chi connectivity index (χ1) is 12.6. The summed E-state index contributed by atoms with van der Waals surface area (Å²) < 4.78 is 5.34. The summed E-state index contributed by atoms with van der Waals surface area (Å²) in [5, 5.41) is 23.8. The number of anilines is 1. The van der Waals surface area contributed by atoms with E-state index in [0.29, 0.717) is 17.4 Å². The van der Waals surface area contributed by atoms with Crippen LogP contribution in [0.25, 0.3) is 22.8 Å². The van der Waals surface area contributed by atoms with Crippen LogP contribution in [0, 0.1) is 23.7 Å². The SMILES string of the molecule is Cc1cccc(-c2noc(-c3ccc(N/N=C(\C#N)C(=N)N)cc3)n2)c1. The van der Waals surface area contributed by atoms with Crippen molar-refractivity contribution in [3.63, 3.8) is 0 Å². The van der Waals surface area contributed by atoms with Gasteiger partial charge in [-0.25, -0.2) is 0 Å². The molecule has 0 atom stereocenters. The van der Waals surface area contributed by atoms with Crippen molar-refractivity contribution >= 4 is 17.2 Å². The highest BCUT2D eigenvalue weighted by atomic mass is 16.5. The van der Waals surface area contributed by atoms with Gasteiger partial charge in [0.2, 0.25) is 11.5 Å². The van der Waals surface area contributed by atoms with Crippen molar-refractivity contribution < 1.29 is 4.52 Å². The van der Waals surface area contributed by atoms with Crippen LogP contribution in [-0.2, 0) is 0 Å². The van der Waals surface area contributed by atoms with E-state index >= 15 is 0 Å². The van der Waals surface area contributed by atoms with Crippen molar-refractivity contribution in [2.75, 3.05) is 5.43 Å². The molecule has 26 heavy (non-hydrogen) atoms. The minimum absolute atomic E-state index is 0.186. The van der Waals surface area contributed by atoms with Gasteiger partial charge in [0.1, 0.15) is 6.07 Å². The summed E-state index contributed by atoms with van der Waals surface area (Å²) in [5.41, 5.74) is 11.1. The van der Waals surface area contributed by atoms with Gasteiger partial charge in [-0.2, -0.15) is 15.3 Å². The molecule has 0 saturated heterocycles. The molecule has 3 rings (SSSR count). The maximum Gasteiger partial charge on any atom is 0.258 e. The molecule has 1 aromatic heterocycles. The van der Waals surface area contributed by atoms with Gasteiger partial charge in [-0.15, -0.1) is 0 Å². The van der Waals surface area contributed by atoms with Gasteiger partial charge in [-0.1, -0.05) is 28.9 Å². The number of nitriles is 1. The number of hydrogen-bond acceptors (Lipinski definition) is 7. The van der Waals surface area contributed by atoms with Crippen LogP contribution < -0.4 is 11.2 Å². The number of aryl methyl sites for hydroxylation is 1. The lowest BCUT2D eigenvalue weighted by atomic mass is 10.1. The summed E-state index contributed by atoms with van der Waals surface area (Å²) in [6.07, 6.45) is 0. The van der Waals surface area contributed by atoms with E-state index in [1.54, 1.807) is 30.3 Å². The lowest BCUT2D eigenvalue weighted by Crippen LogP contribution is -2.21. The maximum absolute atomic E-state index is 8.81. The van der Waals surface area contributed by atoms with E-state index in [-0.39, 0.29) is 5.71 Å². The average Bonchev–Trinajstić information content (AvgIpc) is 3.13. The third kappa shape index (κ3) is 3.73. The zero-order valence-corrected chi connectivity index (χ0v) is 13.9. The van der Waals surface area contributed by atoms with Crippen LogP contribution >= 0.6 is 0 Å². The first-order valence-corrected chi connectivity index (χ1v) is 7.66. The highest BCUT2D eigenvalue weighted by molar-refractivity contribution is 6.45. The zero-order chi connectivity index (χ0) is 18.5. The standard InChI is InChI=1S/C18H15N7O/c1-11-3-2-4-13(9-11)17-22-18(26-25-17)12-5-7-14(8-6-12)23-24-15(10-19)16(20)21/h2-9,23H,1H3,(H3,20,21)/b24-15+. The second-order valence-electron chi connectivity index (χ2n) is 5.47. The van der Waals surface area contributed by atoms with E-state index < -0.39 is 5.84 Å². The molecule has 0 aliphatic carbocycles. The van der Waals surface area contributed by atoms with Gasteiger partial charge in [0.05, 0.1) is 5.69 Å². The number of benzene rings is 2. The summed E-state index contributed by atoms with van der Waals surface area (Å²) in [6.45, 7) is 2.00. The number of nitrogens with zero attached hydrogens (tertiary/aromatic N) is 4. The molecule has 0 aliphatic heterocycles. The number of rotatable bonds is 5. The largest absolute Gasteiger partial charge is 0.382 e. The van der Waals surface area contributed by atoms with Crippen LogP contribution in [0.4, 0.5) is 5.69 Å². The Morgan fingerprint density at radius 3 is 2.65 bits per heavy atom. The zero-order valence-electron chi connectivity index (χ0n) is 13.9. The summed E-state index contributed by atoms with van der Waals surface area (Å²) in [7, 11) is 0. The van der Waals surface area contributed by atoms with Gasteiger partial charge in [0.15, 0.2) is 5.84 Å². The van der Waals surface area contributed by atoms with Crippen molar-refractivity contribution in [1.29, 1.82) is 10.7 Å². The van der Waals surface area contributed by atoms with E-state index in [9.17, 15) is 0 Å². The summed E-state index contributed by atoms with van der Waals surface area (Å²) in [6, 6.07) is 16.6. The van der Waals surface area contributed by atoms with Gasteiger partial charge in [-0.05, 0) is 37.3 Å². The molecule has 8 nitrogen and oxygen atoms in total. The molecule has 0 radical (unpaired) electrons. The van der Waals surface area contributed by atoms with Crippen LogP contribution in [0.2, 0.25) is 0 Å². The summed E-state index contributed by atoms with van der Waals surface area (Å²) in [4.78, 5) is 4.42. The molecule has 0 bridgehead atoms. The number of amidine groups is 1. The molecule has 0 aliphatic rings. The molecule has 0 saturated carbocycles. The molecule has 4 N–H and O–H groups in total. The Kier molecular flexibility index (Phi) is 4.71. The molecule has 0 fully saturated rings. The number of nitrogens with one attached hydrogen (secondary N) is 2. The minimum atomic E-state index is -0.397. The normalized spacial score (nSPS) is 11.0. The van der Waals surface area contributed by atoms with Crippen molar-refractivity contribution in [3.05, 3.63) is 54.1 Å². The molecule has 128 valence electrons. The van der Waals surface area contributed by atoms with Crippen molar-refractivity contribution in [1.82, 2.24) is 10.1 Å². The Balaban J connectivity index is 1.77. The van der Waals surface area contributed by atoms with Gasteiger partial charge in [-0.3, -0.25) is 10.8 Å². The fourth-order valence-corrected chi connectivity index (χ4v) is 2.20. The maximum atomic E-state index is 8.81. The minimum Gasteiger partial charge on any atom is -0.382 e. The third-order valence-electron chi connectivity index (χ3n) is 3.49. The highest BCUT2D eigenvalue weighted by Gasteiger charge is 2.10. The Hall–Kier alpha value is -3.99. The average molecular weight is 345 g/mol. The van der Waals surface area contributed by atoms with E-state index in [2.05, 4.69) is 20.7 Å². The second-order valence-corrected chi connectivity index (χ2v) is 5.47. The molecule has 1 heterocycles. The summed E-state index contributed by atoms with van der Waals surface area (Å²) >= 11 is 0. The number of aromatic nitrogens is 2. The molecule has 8 heteroatoms.